The van der Waals surface area contributed by atoms with Crippen molar-refractivity contribution < 1.29 is 14.6 Å². The summed E-state index contributed by atoms with van der Waals surface area (Å²) in [6, 6.07) is 13.3. The maximum Gasteiger partial charge on any atom is 0.194 e. The fraction of sp³-hybridized carbons (Fsp3) is 0.435. The average molecular weight is 540 g/mol. The molecule has 0 unspecified atom stereocenters. The predicted octanol–water partition coefficient (Wildman–Crippen LogP) is 3.36. The Bertz CT molecular complexity index is 854. The van der Waals surface area contributed by atoms with Crippen LogP contribution < -0.4 is 19.7 Å². The number of guanidine groups is 1. The maximum absolute atomic E-state index is 10.1. The van der Waals surface area contributed by atoms with E-state index in [0.717, 1.165) is 67.9 Å². The average Bonchev–Trinajstić information content (AvgIpc) is 2.79. The SMILES string of the molecule is CCNC(=NCCc1cc(OC)ccc1OC)N1CCN(c2ccccc2O)CC1.I. The first-order valence-corrected chi connectivity index (χ1v) is 10.4. The molecule has 8 heteroatoms. The van der Waals surface area contributed by atoms with Crippen molar-refractivity contribution in [2.45, 2.75) is 13.3 Å². The van der Waals surface area contributed by atoms with Crippen molar-refractivity contribution in [2.24, 2.45) is 4.99 Å². The summed E-state index contributed by atoms with van der Waals surface area (Å²) in [6.45, 7) is 6.94. The number of aliphatic imine (C=N–C) groups is 1. The molecule has 170 valence electrons. The third-order valence-electron chi connectivity index (χ3n) is 5.27. The highest BCUT2D eigenvalue weighted by Crippen LogP contribution is 2.27. The van der Waals surface area contributed by atoms with E-state index < -0.39 is 0 Å². The highest BCUT2D eigenvalue weighted by Gasteiger charge is 2.21. The zero-order chi connectivity index (χ0) is 21.3. The van der Waals surface area contributed by atoms with Gasteiger partial charge in [0.1, 0.15) is 17.2 Å². The highest BCUT2D eigenvalue weighted by atomic mass is 127. The van der Waals surface area contributed by atoms with Crippen molar-refractivity contribution >= 4 is 35.6 Å². The summed E-state index contributed by atoms with van der Waals surface area (Å²) in [5.41, 5.74) is 1.98. The van der Waals surface area contributed by atoms with Crippen LogP contribution in [0.5, 0.6) is 17.2 Å². The lowest BCUT2D eigenvalue weighted by molar-refractivity contribution is 0.369. The predicted molar refractivity (Wildman–Crippen MR) is 137 cm³/mol. The second kappa shape index (κ2) is 12.5. The molecule has 0 bridgehead atoms. The molecule has 0 amide bonds. The first kappa shape index (κ1) is 24.9. The summed E-state index contributed by atoms with van der Waals surface area (Å²) in [4.78, 5) is 9.35. The molecule has 2 N–H and O–H groups in total. The van der Waals surface area contributed by atoms with Gasteiger partial charge in [-0.2, -0.15) is 0 Å². The van der Waals surface area contributed by atoms with E-state index in [0.29, 0.717) is 12.3 Å². The van der Waals surface area contributed by atoms with Crippen LogP contribution in [0.2, 0.25) is 0 Å². The maximum atomic E-state index is 10.1. The fourth-order valence-corrected chi connectivity index (χ4v) is 3.68. The number of anilines is 1. The molecule has 7 nitrogen and oxygen atoms in total. The Morgan fingerprint density at radius 2 is 1.81 bits per heavy atom. The fourth-order valence-electron chi connectivity index (χ4n) is 3.68. The summed E-state index contributed by atoms with van der Waals surface area (Å²) in [5, 5.41) is 13.5. The molecule has 3 rings (SSSR count). The first-order chi connectivity index (χ1) is 14.7. The topological polar surface area (TPSA) is 69.6 Å². The van der Waals surface area contributed by atoms with Crippen molar-refractivity contribution in [1.29, 1.82) is 0 Å². The van der Waals surface area contributed by atoms with E-state index in [4.69, 9.17) is 14.5 Å². The molecule has 1 aliphatic rings. The van der Waals surface area contributed by atoms with Gasteiger partial charge in [0.2, 0.25) is 0 Å². The van der Waals surface area contributed by atoms with Gasteiger partial charge in [-0.05, 0) is 49.2 Å². The number of phenols is 1. The van der Waals surface area contributed by atoms with Crippen LogP contribution in [0.25, 0.3) is 0 Å². The van der Waals surface area contributed by atoms with E-state index in [1.807, 2.05) is 36.4 Å². The smallest absolute Gasteiger partial charge is 0.194 e. The lowest BCUT2D eigenvalue weighted by Gasteiger charge is -2.37. The first-order valence-electron chi connectivity index (χ1n) is 10.4. The van der Waals surface area contributed by atoms with Gasteiger partial charge < -0.3 is 29.7 Å². The number of aromatic hydroxyl groups is 1. The van der Waals surface area contributed by atoms with E-state index >= 15 is 0 Å². The molecule has 0 aromatic heterocycles. The molecule has 2 aromatic carbocycles. The van der Waals surface area contributed by atoms with Crippen LogP contribution in [-0.4, -0.2) is 69.5 Å². The summed E-state index contributed by atoms with van der Waals surface area (Å²) < 4.78 is 10.8. The number of halogens is 1. The van der Waals surface area contributed by atoms with Crippen molar-refractivity contribution in [3.63, 3.8) is 0 Å². The minimum Gasteiger partial charge on any atom is -0.506 e. The molecule has 0 spiro atoms. The molecule has 0 radical (unpaired) electrons. The molecule has 0 saturated carbocycles. The summed E-state index contributed by atoms with van der Waals surface area (Å²) in [6.07, 6.45) is 0.771. The van der Waals surface area contributed by atoms with E-state index in [2.05, 4.69) is 22.0 Å². The summed E-state index contributed by atoms with van der Waals surface area (Å²) >= 11 is 0. The van der Waals surface area contributed by atoms with Gasteiger partial charge in [-0.3, -0.25) is 4.99 Å². The minimum absolute atomic E-state index is 0. The number of nitrogens with zero attached hydrogens (tertiary/aromatic N) is 3. The molecular weight excluding hydrogens is 507 g/mol. The van der Waals surface area contributed by atoms with Crippen molar-refractivity contribution in [2.75, 3.05) is 58.4 Å². The van der Waals surface area contributed by atoms with Crippen LogP contribution in [0.3, 0.4) is 0 Å². The number of hydrogen-bond donors (Lipinski definition) is 2. The van der Waals surface area contributed by atoms with Crippen LogP contribution in [-0.2, 0) is 6.42 Å². The van der Waals surface area contributed by atoms with Gasteiger partial charge in [-0.25, -0.2) is 0 Å². The number of ether oxygens (including phenoxy) is 2. The number of piperazine rings is 1. The molecular formula is C23H33IN4O3. The molecule has 2 aromatic rings. The second-order valence-electron chi connectivity index (χ2n) is 7.13. The van der Waals surface area contributed by atoms with Gasteiger partial charge in [0, 0.05) is 39.3 Å². The normalized spacial score (nSPS) is 14.1. The van der Waals surface area contributed by atoms with Crippen LogP contribution in [0.4, 0.5) is 5.69 Å². The summed E-state index contributed by atoms with van der Waals surface area (Å²) in [7, 11) is 3.35. The lowest BCUT2D eigenvalue weighted by Crippen LogP contribution is -2.52. The lowest BCUT2D eigenvalue weighted by atomic mass is 10.1. The standard InChI is InChI=1S/C23H32N4O3.HI/c1-4-24-23(25-12-11-18-17-19(29-2)9-10-22(18)30-3)27-15-13-26(14-16-27)20-7-5-6-8-21(20)28;/h5-10,17,28H,4,11-16H2,1-3H3,(H,24,25);1H. The number of rotatable bonds is 7. The Morgan fingerprint density at radius 1 is 1.06 bits per heavy atom. The molecule has 0 atom stereocenters. The Balaban J connectivity index is 0.00000341. The van der Waals surface area contributed by atoms with E-state index in [-0.39, 0.29) is 24.0 Å². The second-order valence-corrected chi connectivity index (χ2v) is 7.13. The number of benzene rings is 2. The van der Waals surface area contributed by atoms with Gasteiger partial charge in [0.05, 0.1) is 19.9 Å². The van der Waals surface area contributed by atoms with Crippen molar-refractivity contribution in [3.8, 4) is 17.2 Å². The van der Waals surface area contributed by atoms with Crippen LogP contribution in [0.1, 0.15) is 12.5 Å². The highest BCUT2D eigenvalue weighted by molar-refractivity contribution is 14.0. The van der Waals surface area contributed by atoms with Crippen LogP contribution in [0, 0.1) is 0 Å². The molecule has 1 fully saturated rings. The number of nitrogens with one attached hydrogen (secondary N) is 1. The van der Waals surface area contributed by atoms with Crippen LogP contribution in [0.15, 0.2) is 47.5 Å². The van der Waals surface area contributed by atoms with Gasteiger partial charge in [0.25, 0.3) is 0 Å². The number of methoxy groups -OCH3 is 2. The largest absolute Gasteiger partial charge is 0.506 e. The van der Waals surface area contributed by atoms with Gasteiger partial charge in [-0.15, -0.1) is 24.0 Å². The number of hydrogen-bond acceptors (Lipinski definition) is 5. The molecule has 0 aliphatic carbocycles. The Kier molecular flexibility index (Phi) is 10.0. The monoisotopic (exact) mass is 540 g/mol. The van der Waals surface area contributed by atoms with Crippen molar-refractivity contribution in [1.82, 2.24) is 10.2 Å². The molecule has 1 heterocycles. The Hall–Kier alpha value is -2.36. The Morgan fingerprint density at radius 3 is 2.45 bits per heavy atom. The van der Waals surface area contributed by atoms with E-state index in [9.17, 15) is 5.11 Å². The molecule has 31 heavy (non-hydrogen) atoms. The van der Waals surface area contributed by atoms with E-state index in [1.54, 1.807) is 20.3 Å². The van der Waals surface area contributed by atoms with Gasteiger partial charge in [0.15, 0.2) is 5.96 Å². The number of para-hydroxylation sites is 2. The molecule has 1 saturated heterocycles. The van der Waals surface area contributed by atoms with Crippen molar-refractivity contribution in [3.05, 3.63) is 48.0 Å². The van der Waals surface area contributed by atoms with E-state index in [1.165, 1.54) is 0 Å². The van der Waals surface area contributed by atoms with Gasteiger partial charge in [-0.1, -0.05) is 12.1 Å². The zero-order valence-electron chi connectivity index (χ0n) is 18.5. The quantitative estimate of drug-likeness (QED) is 0.319. The summed E-state index contributed by atoms with van der Waals surface area (Å²) in [5.74, 6) is 2.93. The van der Waals surface area contributed by atoms with Crippen LogP contribution >= 0.6 is 24.0 Å². The Labute approximate surface area is 202 Å². The zero-order valence-corrected chi connectivity index (χ0v) is 20.8. The molecule has 1 aliphatic heterocycles. The number of phenolic OH excluding ortho intramolecular Hbond substituents is 1. The minimum atomic E-state index is 0. The van der Waals surface area contributed by atoms with Gasteiger partial charge >= 0.3 is 0 Å². The third-order valence-corrected chi connectivity index (χ3v) is 5.27. The third kappa shape index (κ3) is 6.56.